The molecule has 0 spiro atoms. The fourth-order valence-corrected chi connectivity index (χ4v) is 3.24. The molecule has 39 heavy (non-hydrogen) atoms. The molecule has 0 aliphatic carbocycles. The van der Waals surface area contributed by atoms with Crippen molar-refractivity contribution in [3.05, 3.63) is 70.8 Å². The van der Waals surface area contributed by atoms with E-state index in [-0.39, 0.29) is 24.3 Å². The lowest BCUT2D eigenvalue weighted by Gasteiger charge is -2.05. The van der Waals surface area contributed by atoms with E-state index in [1.54, 1.807) is 24.3 Å². The van der Waals surface area contributed by atoms with Gasteiger partial charge in [0, 0.05) is 0 Å². The Bertz CT molecular complexity index is 985. The predicted octanol–water partition coefficient (Wildman–Crippen LogP) is 6.05. The molecule has 12 heteroatoms. The summed E-state index contributed by atoms with van der Waals surface area (Å²) < 4.78 is 9.65. The molecule has 0 radical (unpaired) electrons. The van der Waals surface area contributed by atoms with Gasteiger partial charge in [-0.3, -0.25) is 9.78 Å². The largest absolute Gasteiger partial charge is 0.543 e. The molecule has 12 nitrogen and oxygen atoms in total. The van der Waals surface area contributed by atoms with Gasteiger partial charge in [-0.1, -0.05) is 67.5 Å². The molecule has 0 fully saturated rings. The van der Waals surface area contributed by atoms with Crippen molar-refractivity contribution in [2.45, 2.75) is 58.8 Å². The Kier molecular flexibility index (Phi) is 14.5. The first kappa shape index (κ1) is 31.1. The quantitative estimate of drug-likeness (QED) is 0.104. The molecule has 2 aromatic carbocycles. The van der Waals surface area contributed by atoms with Crippen molar-refractivity contribution >= 4 is 24.2 Å². The van der Waals surface area contributed by atoms with Crippen LogP contribution in [0.5, 0.6) is 0 Å². The lowest BCUT2D eigenvalue weighted by atomic mass is 10.1. The SMILES string of the molecule is Cc1cccc(C(=O)OOOC(=O)OCCCCCCCCCOC(=O)OOOC(=O)c2cccc(C)c2)c1. The van der Waals surface area contributed by atoms with Crippen molar-refractivity contribution in [1.82, 2.24) is 0 Å². The van der Waals surface area contributed by atoms with Crippen LogP contribution in [0.4, 0.5) is 9.59 Å². The Morgan fingerprint density at radius 1 is 0.538 bits per heavy atom. The van der Waals surface area contributed by atoms with E-state index in [9.17, 15) is 19.2 Å². The van der Waals surface area contributed by atoms with Gasteiger partial charge < -0.3 is 9.47 Å². The van der Waals surface area contributed by atoms with Crippen molar-refractivity contribution in [3.8, 4) is 0 Å². The van der Waals surface area contributed by atoms with E-state index in [0.717, 1.165) is 43.2 Å². The standard InChI is InChI=1S/C27H32O12/c1-20-12-10-14-22(18-20)24(28)34-38-36-26(30)32-16-8-6-4-3-5-7-9-17-33-27(31)37-39-35-25(29)23-15-11-13-21(2)19-23/h10-15,18-19H,3-9,16-17H2,1-2H3. The molecule has 2 aromatic rings. The maximum Gasteiger partial charge on any atom is 0.543 e. The average Bonchev–Trinajstić information content (AvgIpc) is 2.91. The minimum atomic E-state index is -1.11. The average molecular weight is 549 g/mol. The van der Waals surface area contributed by atoms with Crippen molar-refractivity contribution in [2.24, 2.45) is 0 Å². The summed E-state index contributed by atoms with van der Waals surface area (Å²) in [6.45, 7) is 3.89. The fraction of sp³-hybridized carbons (Fsp3) is 0.407. The van der Waals surface area contributed by atoms with Crippen LogP contribution in [0.2, 0.25) is 0 Å². The highest BCUT2D eigenvalue weighted by Crippen LogP contribution is 2.09. The van der Waals surface area contributed by atoms with Crippen molar-refractivity contribution < 1.29 is 58.3 Å². The lowest BCUT2D eigenvalue weighted by Crippen LogP contribution is -2.12. The number of hydrogen-bond donors (Lipinski definition) is 0. The summed E-state index contributed by atoms with van der Waals surface area (Å²) in [4.78, 5) is 63.6. The van der Waals surface area contributed by atoms with Gasteiger partial charge in [0.05, 0.1) is 34.4 Å². The number of unbranched alkanes of at least 4 members (excludes halogenated alkanes) is 6. The van der Waals surface area contributed by atoms with Crippen LogP contribution in [0.25, 0.3) is 0 Å². The van der Waals surface area contributed by atoms with Gasteiger partial charge in [-0.15, -0.1) is 0 Å². The number of carbonyl (C=O) groups excluding carboxylic acids is 4. The van der Waals surface area contributed by atoms with E-state index in [1.165, 1.54) is 12.1 Å². The minimum absolute atomic E-state index is 0.131. The maximum absolute atomic E-state index is 11.7. The highest BCUT2D eigenvalue weighted by atomic mass is 17.5. The summed E-state index contributed by atoms with van der Waals surface area (Å²) in [6.07, 6.45) is 3.49. The number of rotatable bonds is 16. The van der Waals surface area contributed by atoms with Gasteiger partial charge in [0.15, 0.2) is 0 Å². The summed E-state index contributed by atoms with van der Waals surface area (Å²) in [5.74, 6) is -1.60. The van der Waals surface area contributed by atoms with Gasteiger partial charge >= 0.3 is 24.2 Å². The Labute approximate surface area is 225 Å². The zero-order chi connectivity index (χ0) is 28.3. The second-order valence-electron chi connectivity index (χ2n) is 8.46. The van der Waals surface area contributed by atoms with Gasteiger partial charge in [-0.25, -0.2) is 29.0 Å². The zero-order valence-corrected chi connectivity index (χ0v) is 21.9. The number of hydrogen-bond acceptors (Lipinski definition) is 12. The van der Waals surface area contributed by atoms with Crippen LogP contribution in [0.15, 0.2) is 48.5 Å². The summed E-state index contributed by atoms with van der Waals surface area (Å²) in [6, 6.07) is 13.3. The zero-order valence-electron chi connectivity index (χ0n) is 21.9. The van der Waals surface area contributed by atoms with Gasteiger partial charge in [0.1, 0.15) is 0 Å². The Morgan fingerprint density at radius 2 is 0.923 bits per heavy atom. The van der Waals surface area contributed by atoms with Crippen LogP contribution in [0.1, 0.15) is 76.8 Å². The molecule has 0 bridgehead atoms. The van der Waals surface area contributed by atoms with Gasteiger partial charge in [0.25, 0.3) is 0 Å². The summed E-state index contributed by atoms with van der Waals surface area (Å²) in [5, 5.41) is 8.34. The van der Waals surface area contributed by atoms with Crippen LogP contribution in [-0.4, -0.2) is 37.5 Å². The number of aryl methyl sites for hydroxylation is 2. The molecule has 0 aliphatic heterocycles. The first-order valence-electron chi connectivity index (χ1n) is 12.4. The van der Waals surface area contributed by atoms with E-state index in [4.69, 9.17) is 9.47 Å². The molecule has 0 saturated heterocycles. The topological polar surface area (TPSA) is 142 Å². The van der Waals surface area contributed by atoms with Crippen LogP contribution >= 0.6 is 0 Å². The van der Waals surface area contributed by atoms with Gasteiger partial charge in [0.2, 0.25) is 0 Å². The monoisotopic (exact) mass is 548 g/mol. The Hall–Kier alpha value is -4.16. The molecule has 2 rings (SSSR count). The smallest absolute Gasteiger partial charge is 0.432 e. The number of ether oxygens (including phenoxy) is 2. The highest BCUT2D eigenvalue weighted by Gasteiger charge is 2.13. The summed E-state index contributed by atoms with van der Waals surface area (Å²) >= 11 is 0. The molecule has 0 aliphatic rings. The lowest BCUT2D eigenvalue weighted by molar-refractivity contribution is -0.452. The Morgan fingerprint density at radius 3 is 1.31 bits per heavy atom. The second kappa shape index (κ2) is 18.2. The van der Waals surface area contributed by atoms with E-state index < -0.39 is 24.2 Å². The van der Waals surface area contributed by atoms with Crippen LogP contribution in [0, 0.1) is 13.8 Å². The number of carbonyl (C=O) groups is 4. The molecular formula is C27H32O12. The van der Waals surface area contributed by atoms with E-state index >= 15 is 0 Å². The van der Waals surface area contributed by atoms with E-state index in [1.807, 2.05) is 26.0 Å². The molecule has 0 unspecified atom stereocenters. The third-order valence-electron chi connectivity index (χ3n) is 5.16. The van der Waals surface area contributed by atoms with Crippen LogP contribution in [0.3, 0.4) is 0 Å². The third-order valence-corrected chi connectivity index (χ3v) is 5.16. The first-order chi connectivity index (χ1) is 18.8. The van der Waals surface area contributed by atoms with Crippen molar-refractivity contribution in [1.29, 1.82) is 0 Å². The van der Waals surface area contributed by atoms with Crippen LogP contribution in [-0.2, 0) is 39.1 Å². The molecule has 0 amide bonds. The maximum atomic E-state index is 11.7. The van der Waals surface area contributed by atoms with Crippen LogP contribution < -0.4 is 0 Å². The second-order valence-corrected chi connectivity index (χ2v) is 8.46. The van der Waals surface area contributed by atoms with E-state index in [0.29, 0.717) is 12.8 Å². The molecule has 0 heterocycles. The number of benzene rings is 2. The fourth-order valence-electron chi connectivity index (χ4n) is 3.24. The normalized spacial score (nSPS) is 10.3. The Balaban J connectivity index is 1.35. The van der Waals surface area contributed by atoms with Gasteiger partial charge in [-0.2, -0.15) is 0 Å². The summed E-state index contributed by atoms with van der Waals surface area (Å²) in [5.41, 5.74) is 2.24. The summed E-state index contributed by atoms with van der Waals surface area (Å²) in [7, 11) is 0. The first-order valence-corrected chi connectivity index (χ1v) is 12.4. The molecule has 0 N–H and O–H groups in total. The third kappa shape index (κ3) is 13.8. The highest BCUT2D eigenvalue weighted by molar-refractivity contribution is 5.89. The minimum Gasteiger partial charge on any atom is -0.432 e. The predicted molar refractivity (Wildman–Crippen MR) is 133 cm³/mol. The molecule has 0 atom stereocenters. The van der Waals surface area contributed by atoms with Crippen molar-refractivity contribution in [2.75, 3.05) is 13.2 Å². The molecule has 212 valence electrons. The van der Waals surface area contributed by atoms with Crippen molar-refractivity contribution in [3.63, 3.8) is 0 Å². The molecule has 0 aromatic heterocycles. The van der Waals surface area contributed by atoms with E-state index in [2.05, 4.69) is 29.6 Å². The van der Waals surface area contributed by atoms with Gasteiger partial charge in [-0.05, 0) is 51.0 Å². The molecular weight excluding hydrogens is 516 g/mol. The molecule has 0 saturated carbocycles.